The van der Waals surface area contributed by atoms with E-state index in [0.717, 1.165) is 88.6 Å². The van der Waals surface area contributed by atoms with E-state index in [-0.39, 0.29) is 0 Å². The third-order valence-electron chi connectivity index (χ3n) is 9.54. The van der Waals surface area contributed by atoms with Gasteiger partial charge in [-0.25, -0.2) is 9.97 Å². The van der Waals surface area contributed by atoms with Crippen molar-refractivity contribution in [3.05, 3.63) is 170 Å². The molecule has 0 saturated carbocycles. The first-order chi connectivity index (χ1) is 24.8. The predicted molar refractivity (Wildman–Crippen MR) is 204 cm³/mol. The van der Waals surface area contributed by atoms with Gasteiger partial charge in [-0.2, -0.15) is 0 Å². The number of hydrogen-bond acceptors (Lipinski definition) is 4. The van der Waals surface area contributed by atoms with Crippen LogP contribution in [0.15, 0.2) is 179 Å². The largest absolute Gasteiger partial charge is 0.456 e. The Bertz CT molecular complexity index is 2850. The molecule has 0 aliphatic heterocycles. The molecule has 4 nitrogen and oxygen atoms in total. The van der Waals surface area contributed by atoms with Gasteiger partial charge in [0.1, 0.15) is 22.3 Å². The summed E-state index contributed by atoms with van der Waals surface area (Å²) in [6.07, 6.45) is 0. The van der Waals surface area contributed by atoms with E-state index in [1.165, 1.54) is 5.56 Å². The third kappa shape index (κ3) is 4.69. The Kier molecular flexibility index (Phi) is 6.46. The summed E-state index contributed by atoms with van der Waals surface area (Å²) in [6.45, 7) is 0. The van der Waals surface area contributed by atoms with Gasteiger partial charge < -0.3 is 8.83 Å². The number of hydrogen-bond donors (Lipinski definition) is 0. The lowest BCUT2D eigenvalue weighted by molar-refractivity contribution is 0.668. The highest BCUT2D eigenvalue weighted by molar-refractivity contribution is 6.16. The summed E-state index contributed by atoms with van der Waals surface area (Å²) in [5.41, 5.74) is 12.4. The first-order valence-electron chi connectivity index (χ1n) is 16.7. The van der Waals surface area contributed by atoms with Crippen LogP contribution in [0.5, 0.6) is 0 Å². The van der Waals surface area contributed by atoms with Gasteiger partial charge in [-0.05, 0) is 53.1 Å². The summed E-state index contributed by atoms with van der Waals surface area (Å²) in [4.78, 5) is 10.3. The van der Waals surface area contributed by atoms with Crippen molar-refractivity contribution in [2.45, 2.75) is 0 Å². The lowest BCUT2D eigenvalue weighted by Gasteiger charge is -2.12. The Labute approximate surface area is 287 Å². The van der Waals surface area contributed by atoms with E-state index in [4.69, 9.17) is 18.8 Å². The lowest BCUT2D eigenvalue weighted by atomic mass is 9.95. The molecule has 0 aliphatic rings. The maximum Gasteiger partial charge on any atom is 0.160 e. The molecule has 0 amide bonds. The normalized spacial score (nSPS) is 11.6. The lowest BCUT2D eigenvalue weighted by Crippen LogP contribution is -1.96. The van der Waals surface area contributed by atoms with Crippen molar-refractivity contribution in [2.75, 3.05) is 0 Å². The molecule has 0 N–H and O–H groups in total. The van der Waals surface area contributed by atoms with Crippen molar-refractivity contribution in [2.24, 2.45) is 0 Å². The zero-order chi connectivity index (χ0) is 33.0. The summed E-state index contributed by atoms with van der Waals surface area (Å²) in [5, 5.41) is 4.27. The molecule has 4 heteroatoms. The molecule has 0 saturated heterocycles. The van der Waals surface area contributed by atoms with Gasteiger partial charge in [0.15, 0.2) is 5.82 Å². The topological polar surface area (TPSA) is 52.1 Å². The van der Waals surface area contributed by atoms with Gasteiger partial charge in [0.25, 0.3) is 0 Å². The van der Waals surface area contributed by atoms with Crippen molar-refractivity contribution >= 4 is 43.9 Å². The summed E-state index contributed by atoms with van der Waals surface area (Å²) in [5.74, 6) is 0.672. The number of furan rings is 2. The van der Waals surface area contributed by atoms with E-state index in [1.807, 2.05) is 54.6 Å². The highest BCUT2D eigenvalue weighted by Gasteiger charge is 2.20. The number of fused-ring (bicyclic) bond motifs is 6. The number of nitrogens with zero attached hydrogens (tertiary/aromatic N) is 2. The van der Waals surface area contributed by atoms with Crippen LogP contribution >= 0.6 is 0 Å². The summed E-state index contributed by atoms with van der Waals surface area (Å²) < 4.78 is 13.0. The van der Waals surface area contributed by atoms with Gasteiger partial charge in [-0.15, -0.1) is 0 Å². The number of rotatable bonds is 5. The fourth-order valence-corrected chi connectivity index (χ4v) is 7.08. The van der Waals surface area contributed by atoms with E-state index in [9.17, 15) is 0 Å². The van der Waals surface area contributed by atoms with Crippen LogP contribution < -0.4 is 0 Å². The Balaban J connectivity index is 1.17. The average Bonchev–Trinajstić information content (AvgIpc) is 3.77. The molecular formula is C46H28N2O2. The van der Waals surface area contributed by atoms with E-state index in [1.54, 1.807) is 0 Å². The van der Waals surface area contributed by atoms with Crippen molar-refractivity contribution < 1.29 is 8.83 Å². The molecule has 0 aliphatic carbocycles. The Morgan fingerprint density at radius 3 is 1.68 bits per heavy atom. The molecule has 0 unspecified atom stereocenters. The van der Waals surface area contributed by atoms with Crippen molar-refractivity contribution in [3.63, 3.8) is 0 Å². The molecule has 10 rings (SSSR count). The molecular weight excluding hydrogens is 613 g/mol. The molecule has 0 atom stereocenters. The first-order valence-corrected chi connectivity index (χ1v) is 16.7. The van der Waals surface area contributed by atoms with Crippen LogP contribution in [-0.4, -0.2) is 9.97 Å². The summed E-state index contributed by atoms with van der Waals surface area (Å²) in [6, 6.07) is 58.4. The number of para-hydroxylation sites is 2. The van der Waals surface area contributed by atoms with Crippen LogP contribution in [0.25, 0.3) is 100 Å². The molecule has 0 radical (unpaired) electrons. The minimum absolute atomic E-state index is 0.672. The smallest absolute Gasteiger partial charge is 0.160 e. The molecule has 7 aromatic carbocycles. The number of aromatic nitrogens is 2. The minimum Gasteiger partial charge on any atom is -0.456 e. The number of benzene rings is 7. The monoisotopic (exact) mass is 640 g/mol. The fraction of sp³-hybridized carbons (Fsp3) is 0. The van der Waals surface area contributed by atoms with Crippen LogP contribution in [-0.2, 0) is 0 Å². The maximum absolute atomic E-state index is 6.68. The second-order valence-corrected chi connectivity index (χ2v) is 12.5. The van der Waals surface area contributed by atoms with Gasteiger partial charge in [0, 0.05) is 43.8 Å². The molecule has 234 valence electrons. The van der Waals surface area contributed by atoms with E-state index >= 15 is 0 Å². The van der Waals surface area contributed by atoms with Crippen LogP contribution in [0.2, 0.25) is 0 Å². The molecule has 10 aromatic rings. The molecule has 0 bridgehead atoms. The SMILES string of the molecule is c1ccc(-c2ccc(-c3cc(-c4ccc(-c5ccc6c(c5)oc5ccccc56)c5oc6ccccc6c45)nc(-c4ccccc4)n3)cc2)cc1. The molecule has 3 heterocycles. The highest BCUT2D eigenvalue weighted by atomic mass is 16.3. The quantitative estimate of drug-likeness (QED) is 0.188. The zero-order valence-corrected chi connectivity index (χ0v) is 26.9. The molecule has 3 aromatic heterocycles. The van der Waals surface area contributed by atoms with E-state index in [0.29, 0.717) is 5.82 Å². The minimum atomic E-state index is 0.672. The fourth-order valence-electron chi connectivity index (χ4n) is 7.08. The summed E-state index contributed by atoms with van der Waals surface area (Å²) in [7, 11) is 0. The highest BCUT2D eigenvalue weighted by Crippen LogP contribution is 2.43. The van der Waals surface area contributed by atoms with E-state index in [2.05, 4.69) is 115 Å². The third-order valence-corrected chi connectivity index (χ3v) is 9.54. The average molecular weight is 641 g/mol. The molecule has 50 heavy (non-hydrogen) atoms. The second kappa shape index (κ2) is 11.4. The van der Waals surface area contributed by atoms with Crippen LogP contribution in [0.1, 0.15) is 0 Å². The van der Waals surface area contributed by atoms with Gasteiger partial charge in [0.05, 0.1) is 11.4 Å². The van der Waals surface area contributed by atoms with E-state index < -0.39 is 0 Å². The van der Waals surface area contributed by atoms with Gasteiger partial charge in [0.2, 0.25) is 0 Å². The second-order valence-electron chi connectivity index (χ2n) is 12.5. The van der Waals surface area contributed by atoms with Gasteiger partial charge in [-0.3, -0.25) is 0 Å². The van der Waals surface area contributed by atoms with Crippen LogP contribution in [0, 0.1) is 0 Å². The summed E-state index contributed by atoms with van der Waals surface area (Å²) >= 11 is 0. The zero-order valence-electron chi connectivity index (χ0n) is 26.9. The van der Waals surface area contributed by atoms with Gasteiger partial charge in [-0.1, -0.05) is 133 Å². The predicted octanol–water partition coefficient (Wildman–Crippen LogP) is 12.6. The van der Waals surface area contributed by atoms with Crippen molar-refractivity contribution in [1.29, 1.82) is 0 Å². The first kappa shape index (κ1) is 28.3. The Morgan fingerprint density at radius 1 is 0.340 bits per heavy atom. The van der Waals surface area contributed by atoms with Gasteiger partial charge >= 0.3 is 0 Å². The molecule has 0 spiro atoms. The Hall–Kier alpha value is -6.78. The van der Waals surface area contributed by atoms with Crippen LogP contribution in [0.3, 0.4) is 0 Å². The van der Waals surface area contributed by atoms with Crippen LogP contribution in [0.4, 0.5) is 0 Å². The molecule has 0 fully saturated rings. The van der Waals surface area contributed by atoms with Crippen molar-refractivity contribution in [1.82, 2.24) is 9.97 Å². The maximum atomic E-state index is 6.68. The Morgan fingerprint density at radius 2 is 0.900 bits per heavy atom. The van der Waals surface area contributed by atoms with Crippen molar-refractivity contribution in [3.8, 4) is 56.2 Å². The standard InChI is InChI=1S/C46H28N2O2/c1-3-11-29(12-4-1)30-19-21-31(22-20-30)39-28-40(48-46(47-39)32-13-5-2-6-14-32)37-26-25-34(45-44(37)38-16-8-10-18-42(38)50-45)33-23-24-36-35-15-7-9-17-41(35)49-43(36)27-33/h1-28H.